The van der Waals surface area contributed by atoms with E-state index in [2.05, 4.69) is 73.3 Å². The van der Waals surface area contributed by atoms with Crippen LogP contribution in [0, 0.1) is 0 Å². The van der Waals surface area contributed by atoms with Gasteiger partial charge in [0.15, 0.2) is 0 Å². The predicted octanol–water partition coefficient (Wildman–Crippen LogP) is 6.86. The first-order valence-electron chi connectivity index (χ1n) is 12.2. The maximum absolute atomic E-state index is 4.76. The highest BCUT2D eigenvalue weighted by Gasteiger charge is 2.06. The monoisotopic (exact) mass is 486 g/mol. The number of hydrogen-bond donors (Lipinski definition) is 1. The molecule has 6 nitrogen and oxygen atoms in total. The van der Waals surface area contributed by atoms with E-state index in [4.69, 9.17) is 4.98 Å². The third kappa shape index (κ3) is 5.76. The number of H-pyrrole nitrogens is 1. The molecule has 0 amide bonds. The van der Waals surface area contributed by atoms with E-state index in [1.807, 2.05) is 83.1 Å². The van der Waals surface area contributed by atoms with E-state index in [0.29, 0.717) is 0 Å². The summed E-state index contributed by atoms with van der Waals surface area (Å²) < 4.78 is 0. The molecule has 0 saturated carbocycles. The van der Waals surface area contributed by atoms with Crippen LogP contribution in [0.25, 0.3) is 22.4 Å². The molecule has 5 rings (SSSR count). The van der Waals surface area contributed by atoms with Crippen LogP contribution in [-0.4, -0.2) is 50.6 Å². The Morgan fingerprint density at radius 1 is 0.622 bits per heavy atom. The van der Waals surface area contributed by atoms with Crippen LogP contribution < -0.4 is 9.80 Å². The summed E-state index contributed by atoms with van der Waals surface area (Å²) in [4.78, 5) is 21.6. The lowest BCUT2D eigenvalue weighted by atomic mass is 10.2. The summed E-state index contributed by atoms with van der Waals surface area (Å²) in [6, 6.07) is 30.7. The first-order chi connectivity index (χ1) is 17.9. The molecule has 0 aliphatic rings. The van der Waals surface area contributed by atoms with Crippen LogP contribution in [0.4, 0.5) is 22.7 Å². The number of fused-ring (bicyclic) bond motifs is 1. The topological polar surface area (TPSA) is 59.9 Å². The number of aliphatic imine (C=N–C) groups is 2. The lowest BCUT2D eigenvalue weighted by Gasteiger charge is -2.11. The second-order valence-electron chi connectivity index (χ2n) is 9.32. The second-order valence-corrected chi connectivity index (χ2v) is 9.32. The molecule has 0 fully saturated rings. The standard InChI is InChI=1S/C31H30N6/c1-36(2)27-14-5-22(6-15-27)20-32-25-11-9-24(10-12-25)31-34-29-18-13-26(19-30(29)35-31)33-21-23-7-16-28(17-8-23)37(3)4/h5-21H,1-4H3,(H,34,35). The quantitative estimate of drug-likeness (QED) is 0.256. The molecule has 5 aromatic rings. The number of rotatable bonds is 7. The van der Waals surface area contributed by atoms with Gasteiger partial charge in [-0.3, -0.25) is 9.98 Å². The Morgan fingerprint density at radius 2 is 1.14 bits per heavy atom. The highest BCUT2D eigenvalue weighted by Crippen LogP contribution is 2.26. The van der Waals surface area contributed by atoms with E-state index in [9.17, 15) is 0 Å². The Balaban J connectivity index is 1.28. The molecule has 0 atom stereocenters. The number of benzene rings is 4. The summed E-state index contributed by atoms with van der Waals surface area (Å²) in [5.74, 6) is 0.824. The fourth-order valence-corrected chi connectivity index (χ4v) is 3.94. The van der Waals surface area contributed by atoms with Gasteiger partial charge in [0.05, 0.1) is 22.4 Å². The van der Waals surface area contributed by atoms with Crippen LogP contribution in [0.1, 0.15) is 11.1 Å². The Kier molecular flexibility index (Phi) is 6.81. The number of aromatic amines is 1. The van der Waals surface area contributed by atoms with E-state index >= 15 is 0 Å². The van der Waals surface area contributed by atoms with Crippen LogP contribution in [-0.2, 0) is 0 Å². The number of hydrogen-bond acceptors (Lipinski definition) is 5. The zero-order valence-electron chi connectivity index (χ0n) is 21.6. The predicted molar refractivity (Wildman–Crippen MR) is 158 cm³/mol. The van der Waals surface area contributed by atoms with Crippen LogP contribution in [0.15, 0.2) is 101 Å². The smallest absolute Gasteiger partial charge is 0.138 e. The van der Waals surface area contributed by atoms with E-state index in [0.717, 1.165) is 44.9 Å². The molecule has 0 bridgehead atoms. The van der Waals surface area contributed by atoms with Crippen molar-refractivity contribution in [1.29, 1.82) is 0 Å². The van der Waals surface area contributed by atoms with Gasteiger partial charge >= 0.3 is 0 Å². The molecular formula is C31H30N6. The summed E-state index contributed by atoms with van der Waals surface area (Å²) in [5, 5.41) is 0. The van der Waals surface area contributed by atoms with Gasteiger partial charge in [-0.15, -0.1) is 0 Å². The van der Waals surface area contributed by atoms with Crippen LogP contribution in [0.3, 0.4) is 0 Å². The Bertz CT molecular complexity index is 1540. The molecule has 0 spiro atoms. The van der Waals surface area contributed by atoms with Gasteiger partial charge in [-0.25, -0.2) is 4.98 Å². The van der Waals surface area contributed by atoms with E-state index in [1.54, 1.807) is 0 Å². The van der Waals surface area contributed by atoms with Gasteiger partial charge in [-0.05, 0) is 77.9 Å². The first-order valence-corrected chi connectivity index (χ1v) is 12.2. The highest BCUT2D eigenvalue weighted by molar-refractivity contribution is 5.86. The molecule has 0 saturated heterocycles. The highest BCUT2D eigenvalue weighted by atomic mass is 15.1. The van der Waals surface area contributed by atoms with Crippen molar-refractivity contribution in [3.63, 3.8) is 0 Å². The number of aromatic nitrogens is 2. The van der Waals surface area contributed by atoms with Gasteiger partial charge in [0.2, 0.25) is 0 Å². The number of nitrogens with one attached hydrogen (secondary N) is 1. The SMILES string of the molecule is CN(C)c1ccc(C=Nc2ccc(-c3nc4ccc(N=Cc5ccc(N(C)C)cc5)cc4[nH]3)cc2)cc1. The summed E-state index contributed by atoms with van der Waals surface area (Å²) in [5.41, 5.74) is 9.11. The van der Waals surface area contributed by atoms with Crippen molar-refractivity contribution in [2.75, 3.05) is 38.0 Å². The van der Waals surface area contributed by atoms with Crippen molar-refractivity contribution < 1.29 is 0 Å². The lowest BCUT2D eigenvalue weighted by Crippen LogP contribution is -2.08. The minimum Gasteiger partial charge on any atom is -0.378 e. The molecule has 37 heavy (non-hydrogen) atoms. The molecular weight excluding hydrogens is 456 g/mol. The van der Waals surface area contributed by atoms with Gasteiger partial charge in [0.25, 0.3) is 0 Å². The Hall–Kier alpha value is -4.71. The first kappa shape index (κ1) is 24.0. The minimum atomic E-state index is 0.824. The van der Waals surface area contributed by atoms with Crippen molar-refractivity contribution in [1.82, 2.24) is 9.97 Å². The maximum atomic E-state index is 4.76. The Labute approximate surface area is 217 Å². The second kappa shape index (κ2) is 10.5. The maximum Gasteiger partial charge on any atom is 0.138 e. The number of imidazole rings is 1. The molecule has 0 aliphatic carbocycles. The van der Waals surface area contributed by atoms with E-state index < -0.39 is 0 Å². The Morgan fingerprint density at radius 3 is 1.68 bits per heavy atom. The van der Waals surface area contributed by atoms with Gasteiger partial charge in [-0.2, -0.15) is 0 Å². The molecule has 0 unspecified atom stereocenters. The molecule has 1 aromatic heterocycles. The normalized spacial score (nSPS) is 11.6. The fraction of sp³-hybridized carbons (Fsp3) is 0.129. The average Bonchev–Trinajstić information content (AvgIpc) is 3.35. The van der Waals surface area contributed by atoms with Crippen LogP contribution in [0.2, 0.25) is 0 Å². The number of anilines is 2. The zero-order chi connectivity index (χ0) is 25.8. The molecule has 1 heterocycles. The van der Waals surface area contributed by atoms with E-state index in [1.165, 1.54) is 11.4 Å². The minimum absolute atomic E-state index is 0.824. The molecule has 4 aromatic carbocycles. The molecule has 0 aliphatic heterocycles. The molecule has 1 N–H and O–H groups in total. The summed E-state index contributed by atoms with van der Waals surface area (Å²) in [6.07, 6.45) is 3.77. The van der Waals surface area contributed by atoms with Crippen LogP contribution >= 0.6 is 0 Å². The van der Waals surface area contributed by atoms with Gasteiger partial charge < -0.3 is 14.8 Å². The summed E-state index contributed by atoms with van der Waals surface area (Å²) in [6.45, 7) is 0. The van der Waals surface area contributed by atoms with Gasteiger partial charge in [0.1, 0.15) is 5.82 Å². The zero-order valence-corrected chi connectivity index (χ0v) is 21.6. The molecule has 184 valence electrons. The average molecular weight is 487 g/mol. The van der Waals surface area contributed by atoms with Crippen molar-refractivity contribution in [3.8, 4) is 11.4 Å². The summed E-state index contributed by atoms with van der Waals surface area (Å²) >= 11 is 0. The largest absolute Gasteiger partial charge is 0.378 e. The van der Waals surface area contributed by atoms with Gasteiger partial charge in [-0.1, -0.05) is 24.3 Å². The van der Waals surface area contributed by atoms with Crippen LogP contribution in [0.5, 0.6) is 0 Å². The van der Waals surface area contributed by atoms with Crippen molar-refractivity contribution >= 4 is 46.2 Å². The van der Waals surface area contributed by atoms with Gasteiger partial charge in [0, 0.05) is 57.6 Å². The summed E-state index contributed by atoms with van der Waals surface area (Å²) in [7, 11) is 8.14. The third-order valence-electron chi connectivity index (χ3n) is 6.15. The molecule has 0 radical (unpaired) electrons. The molecule has 6 heteroatoms. The van der Waals surface area contributed by atoms with E-state index in [-0.39, 0.29) is 0 Å². The van der Waals surface area contributed by atoms with Crippen molar-refractivity contribution in [2.45, 2.75) is 0 Å². The number of nitrogens with zero attached hydrogens (tertiary/aromatic N) is 5. The van der Waals surface area contributed by atoms with Crippen molar-refractivity contribution in [3.05, 3.63) is 102 Å². The lowest BCUT2D eigenvalue weighted by molar-refractivity contribution is 1.13. The van der Waals surface area contributed by atoms with Crippen molar-refractivity contribution in [2.24, 2.45) is 9.98 Å². The third-order valence-corrected chi connectivity index (χ3v) is 6.15. The fourth-order valence-electron chi connectivity index (χ4n) is 3.94.